The maximum absolute atomic E-state index is 5.70. The fourth-order valence-electron chi connectivity index (χ4n) is 2.82. The number of hydrogen-bond donors (Lipinski definition) is 1. The first-order valence-corrected chi connectivity index (χ1v) is 7.35. The highest BCUT2D eigenvalue weighted by Crippen LogP contribution is 2.25. The molecule has 2 atom stereocenters. The second-order valence-corrected chi connectivity index (χ2v) is 5.44. The Morgan fingerprint density at radius 1 is 1.45 bits per heavy atom. The van der Waals surface area contributed by atoms with E-state index in [1.54, 1.807) is 7.11 Å². The van der Waals surface area contributed by atoms with Crippen molar-refractivity contribution in [2.75, 3.05) is 40.9 Å². The summed E-state index contributed by atoms with van der Waals surface area (Å²) in [5.74, 6) is 0.942. The van der Waals surface area contributed by atoms with E-state index in [2.05, 4.69) is 29.4 Å². The van der Waals surface area contributed by atoms with E-state index in [0.29, 0.717) is 6.10 Å². The molecule has 0 spiro atoms. The molecule has 4 heteroatoms. The Bertz CT molecular complexity index is 405. The predicted octanol–water partition coefficient (Wildman–Crippen LogP) is 2.07. The average Bonchev–Trinajstić information content (AvgIpc) is 2.97. The van der Waals surface area contributed by atoms with Crippen LogP contribution in [0.15, 0.2) is 24.3 Å². The maximum atomic E-state index is 5.70. The molecule has 1 heterocycles. The van der Waals surface area contributed by atoms with E-state index in [9.17, 15) is 0 Å². The van der Waals surface area contributed by atoms with Crippen LogP contribution in [0.25, 0.3) is 0 Å². The van der Waals surface area contributed by atoms with Crippen molar-refractivity contribution in [3.63, 3.8) is 0 Å². The Kier molecular flexibility index (Phi) is 5.83. The molecule has 4 nitrogen and oxygen atoms in total. The molecule has 2 unspecified atom stereocenters. The van der Waals surface area contributed by atoms with E-state index in [1.165, 1.54) is 18.4 Å². The number of para-hydroxylation sites is 1. The molecule has 0 aliphatic carbocycles. The lowest BCUT2D eigenvalue weighted by atomic mass is 10.1. The SMILES string of the molecule is CNC(CN(C)CC1CCCO1)c1ccccc1OC. The molecule has 0 bridgehead atoms. The summed E-state index contributed by atoms with van der Waals surface area (Å²) in [5, 5.41) is 3.39. The van der Waals surface area contributed by atoms with E-state index in [-0.39, 0.29) is 6.04 Å². The molecular weight excluding hydrogens is 252 g/mol. The van der Waals surface area contributed by atoms with Crippen molar-refractivity contribution < 1.29 is 9.47 Å². The van der Waals surface area contributed by atoms with Crippen molar-refractivity contribution in [2.24, 2.45) is 0 Å². The van der Waals surface area contributed by atoms with Gasteiger partial charge in [0.2, 0.25) is 0 Å². The van der Waals surface area contributed by atoms with Gasteiger partial charge in [-0.3, -0.25) is 0 Å². The minimum absolute atomic E-state index is 0.262. The first-order chi connectivity index (χ1) is 9.74. The Hall–Kier alpha value is -1.10. The summed E-state index contributed by atoms with van der Waals surface area (Å²) in [5.41, 5.74) is 1.21. The summed E-state index contributed by atoms with van der Waals surface area (Å²) >= 11 is 0. The number of hydrogen-bond acceptors (Lipinski definition) is 4. The minimum Gasteiger partial charge on any atom is -0.496 e. The molecule has 0 aromatic heterocycles. The number of nitrogens with one attached hydrogen (secondary N) is 1. The predicted molar refractivity (Wildman–Crippen MR) is 81.3 cm³/mol. The van der Waals surface area contributed by atoms with Gasteiger partial charge in [0.25, 0.3) is 0 Å². The molecule has 1 aliphatic rings. The van der Waals surface area contributed by atoms with Crippen LogP contribution in [0, 0.1) is 0 Å². The lowest BCUT2D eigenvalue weighted by Crippen LogP contribution is -2.36. The number of likely N-dealkylation sites (N-methyl/N-ethyl adjacent to an activating group) is 2. The zero-order valence-electron chi connectivity index (χ0n) is 12.8. The van der Waals surface area contributed by atoms with Gasteiger partial charge in [-0.05, 0) is 33.0 Å². The van der Waals surface area contributed by atoms with Crippen LogP contribution in [0.3, 0.4) is 0 Å². The van der Waals surface area contributed by atoms with Crippen molar-refractivity contribution in [3.8, 4) is 5.75 Å². The largest absolute Gasteiger partial charge is 0.496 e. The minimum atomic E-state index is 0.262. The lowest BCUT2D eigenvalue weighted by molar-refractivity contribution is 0.0786. The van der Waals surface area contributed by atoms with Crippen LogP contribution in [-0.4, -0.2) is 51.9 Å². The van der Waals surface area contributed by atoms with Gasteiger partial charge in [-0.2, -0.15) is 0 Å². The molecule has 1 aliphatic heterocycles. The van der Waals surface area contributed by atoms with Crippen molar-refractivity contribution in [3.05, 3.63) is 29.8 Å². The average molecular weight is 278 g/mol. The highest BCUT2D eigenvalue weighted by molar-refractivity contribution is 5.36. The Morgan fingerprint density at radius 3 is 2.90 bits per heavy atom. The number of nitrogens with zero attached hydrogens (tertiary/aromatic N) is 1. The highest BCUT2D eigenvalue weighted by atomic mass is 16.5. The van der Waals surface area contributed by atoms with Crippen LogP contribution in [-0.2, 0) is 4.74 Å². The van der Waals surface area contributed by atoms with Gasteiger partial charge in [-0.25, -0.2) is 0 Å². The van der Waals surface area contributed by atoms with Gasteiger partial charge >= 0.3 is 0 Å². The summed E-state index contributed by atoms with van der Waals surface area (Å²) in [6.07, 6.45) is 2.78. The summed E-state index contributed by atoms with van der Waals surface area (Å²) in [4.78, 5) is 2.34. The molecule has 0 saturated carbocycles. The first kappa shape index (κ1) is 15.3. The van der Waals surface area contributed by atoms with E-state index in [1.807, 2.05) is 19.2 Å². The number of rotatable bonds is 7. The first-order valence-electron chi connectivity index (χ1n) is 7.35. The second-order valence-electron chi connectivity index (χ2n) is 5.44. The molecular formula is C16H26N2O2. The molecule has 1 aromatic carbocycles. The van der Waals surface area contributed by atoms with Crippen LogP contribution < -0.4 is 10.1 Å². The van der Waals surface area contributed by atoms with E-state index in [0.717, 1.165) is 25.4 Å². The Morgan fingerprint density at radius 2 is 2.25 bits per heavy atom. The molecule has 1 fully saturated rings. The third-order valence-corrected chi connectivity index (χ3v) is 3.90. The van der Waals surface area contributed by atoms with E-state index in [4.69, 9.17) is 9.47 Å². The second kappa shape index (κ2) is 7.62. The quantitative estimate of drug-likeness (QED) is 0.828. The molecule has 112 valence electrons. The van der Waals surface area contributed by atoms with E-state index < -0.39 is 0 Å². The Labute approximate surface area is 122 Å². The van der Waals surface area contributed by atoms with Crippen molar-refractivity contribution in [1.82, 2.24) is 10.2 Å². The monoisotopic (exact) mass is 278 g/mol. The zero-order valence-corrected chi connectivity index (χ0v) is 12.8. The third kappa shape index (κ3) is 3.95. The van der Waals surface area contributed by atoms with Crippen molar-refractivity contribution >= 4 is 0 Å². The number of ether oxygens (including phenoxy) is 2. The fourth-order valence-corrected chi connectivity index (χ4v) is 2.82. The molecule has 0 amide bonds. The topological polar surface area (TPSA) is 33.7 Å². The normalized spacial score (nSPS) is 20.3. The fraction of sp³-hybridized carbons (Fsp3) is 0.625. The summed E-state index contributed by atoms with van der Waals surface area (Å²) in [6, 6.07) is 8.46. The Balaban J connectivity index is 1.96. The molecule has 1 N–H and O–H groups in total. The van der Waals surface area contributed by atoms with Gasteiger partial charge in [-0.1, -0.05) is 18.2 Å². The smallest absolute Gasteiger partial charge is 0.123 e. The van der Waals surface area contributed by atoms with Crippen LogP contribution in [0.1, 0.15) is 24.4 Å². The zero-order chi connectivity index (χ0) is 14.4. The highest BCUT2D eigenvalue weighted by Gasteiger charge is 2.20. The van der Waals surface area contributed by atoms with Gasteiger partial charge in [0.05, 0.1) is 13.2 Å². The summed E-state index contributed by atoms with van der Waals surface area (Å²) in [6.45, 7) is 2.85. The van der Waals surface area contributed by atoms with Gasteiger partial charge in [-0.15, -0.1) is 0 Å². The van der Waals surface area contributed by atoms with Gasteiger partial charge in [0, 0.05) is 31.3 Å². The van der Waals surface area contributed by atoms with Crippen molar-refractivity contribution in [1.29, 1.82) is 0 Å². The molecule has 1 aromatic rings. The van der Waals surface area contributed by atoms with Gasteiger partial charge in [0.1, 0.15) is 5.75 Å². The number of benzene rings is 1. The van der Waals surface area contributed by atoms with Crippen LogP contribution in [0.5, 0.6) is 5.75 Å². The van der Waals surface area contributed by atoms with Crippen molar-refractivity contribution in [2.45, 2.75) is 25.0 Å². The number of methoxy groups -OCH3 is 1. The molecule has 2 rings (SSSR count). The summed E-state index contributed by atoms with van der Waals surface area (Å²) < 4.78 is 11.2. The van der Waals surface area contributed by atoms with Crippen LogP contribution in [0.4, 0.5) is 0 Å². The van der Waals surface area contributed by atoms with E-state index >= 15 is 0 Å². The standard InChI is InChI=1S/C16H26N2O2/c1-17-15(14-8-4-5-9-16(14)19-3)12-18(2)11-13-7-6-10-20-13/h4-5,8-9,13,15,17H,6-7,10-12H2,1-3H3. The van der Waals surface area contributed by atoms with Crippen LogP contribution in [0.2, 0.25) is 0 Å². The van der Waals surface area contributed by atoms with Gasteiger partial charge in [0.15, 0.2) is 0 Å². The van der Waals surface area contributed by atoms with Gasteiger partial charge < -0.3 is 19.7 Å². The molecule has 1 saturated heterocycles. The molecule has 20 heavy (non-hydrogen) atoms. The summed E-state index contributed by atoms with van der Waals surface area (Å²) in [7, 11) is 5.88. The third-order valence-electron chi connectivity index (χ3n) is 3.90. The maximum Gasteiger partial charge on any atom is 0.123 e. The van der Waals surface area contributed by atoms with Crippen LogP contribution >= 0.6 is 0 Å². The lowest BCUT2D eigenvalue weighted by Gasteiger charge is -2.27. The molecule has 0 radical (unpaired) electrons.